The zero-order valence-electron chi connectivity index (χ0n) is 12.8. The number of aliphatic hydroxyl groups excluding tert-OH is 2. The maximum atomic E-state index is 11.8. The third-order valence-corrected chi connectivity index (χ3v) is 5.95. The fraction of sp³-hybridized carbons (Fsp3) is 0.500. The van der Waals surface area contributed by atoms with Crippen molar-refractivity contribution in [2.45, 2.75) is 24.7 Å². The van der Waals surface area contributed by atoms with E-state index in [-0.39, 0.29) is 5.82 Å². The smallest absolute Gasteiger partial charge is 0.386 e. The fourth-order valence-corrected chi connectivity index (χ4v) is 4.00. The monoisotopic (exact) mass is 450 g/mol. The van der Waals surface area contributed by atoms with Gasteiger partial charge in [-0.1, -0.05) is 0 Å². The summed E-state index contributed by atoms with van der Waals surface area (Å²) in [4.78, 5) is 32.5. The van der Waals surface area contributed by atoms with Gasteiger partial charge in [0, 0.05) is 23.9 Å². The molecule has 0 aliphatic carbocycles. The molecule has 1 aliphatic rings. The number of phosphoric acid groups is 1. The van der Waals surface area contributed by atoms with Gasteiger partial charge >= 0.3 is 30.0 Å². The average molecular weight is 450 g/mol. The van der Waals surface area contributed by atoms with E-state index in [2.05, 4.69) is 18.2 Å². The van der Waals surface area contributed by atoms with Crippen LogP contribution in [0.1, 0.15) is 6.23 Å². The van der Waals surface area contributed by atoms with Gasteiger partial charge in [0.2, 0.25) is 0 Å². The van der Waals surface area contributed by atoms with Gasteiger partial charge in [0.1, 0.15) is 18.0 Å². The van der Waals surface area contributed by atoms with E-state index in [4.69, 9.17) is 20.3 Å². The molecule has 150 valence electrons. The van der Waals surface area contributed by atoms with Crippen molar-refractivity contribution in [3.63, 3.8) is 0 Å². The van der Waals surface area contributed by atoms with Crippen LogP contribution in [-0.4, -0.2) is 48.0 Å². The van der Waals surface area contributed by atoms with Gasteiger partial charge in [0.15, 0.2) is 12.5 Å². The fourth-order valence-electron chi connectivity index (χ4n) is 1.91. The van der Waals surface area contributed by atoms with Crippen LogP contribution in [0.25, 0.3) is 0 Å². The van der Waals surface area contributed by atoms with E-state index in [1.165, 1.54) is 6.07 Å². The first-order valence-electron chi connectivity index (χ1n) is 6.64. The average Bonchev–Trinajstić information content (AvgIpc) is 2.79. The molecule has 2 heterocycles. The SMILES string of the molecule is Nc1ccn([C@@H]2O[C@H](NO[P+](=O)OP(=O)(O)O[P+](=O)O)[C@@H](O)[C@H]2O)c(=O)n1. The Morgan fingerprint density at radius 1 is 1.33 bits per heavy atom. The van der Waals surface area contributed by atoms with Crippen molar-refractivity contribution in [2.24, 2.45) is 0 Å². The predicted molar refractivity (Wildman–Crippen MR) is 82.5 cm³/mol. The number of hydroxylamine groups is 1. The molecule has 0 bridgehead atoms. The van der Waals surface area contributed by atoms with Crippen molar-refractivity contribution in [3.8, 4) is 0 Å². The van der Waals surface area contributed by atoms with Crippen molar-refractivity contribution in [2.75, 3.05) is 5.73 Å². The molecule has 1 fully saturated rings. The summed E-state index contributed by atoms with van der Waals surface area (Å²) in [5.74, 6) is -0.0864. The lowest BCUT2D eigenvalue weighted by Crippen LogP contribution is -2.40. The summed E-state index contributed by atoms with van der Waals surface area (Å²) < 4.78 is 50.7. The molecule has 0 saturated carbocycles. The largest absolute Gasteiger partial charge is 0.727 e. The van der Waals surface area contributed by atoms with Crippen molar-refractivity contribution >= 4 is 30.2 Å². The van der Waals surface area contributed by atoms with E-state index < -0.39 is 54.7 Å². The van der Waals surface area contributed by atoms with Gasteiger partial charge in [-0.15, -0.1) is 10.4 Å². The Labute approximate surface area is 150 Å². The molecule has 1 aromatic rings. The van der Waals surface area contributed by atoms with Crippen LogP contribution in [0.3, 0.4) is 0 Å². The van der Waals surface area contributed by atoms with Gasteiger partial charge in [0.25, 0.3) is 0 Å². The molecule has 2 rings (SSSR count). The summed E-state index contributed by atoms with van der Waals surface area (Å²) in [5.41, 5.74) is 6.29. The third kappa shape index (κ3) is 5.86. The number of nitrogens with one attached hydrogen (secondary N) is 1. The zero-order chi connectivity index (χ0) is 20.4. The van der Waals surface area contributed by atoms with Crippen LogP contribution >= 0.6 is 24.3 Å². The Morgan fingerprint density at radius 3 is 2.59 bits per heavy atom. The number of ether oxygens (including phenoxy) is 1. The first-order valence-corrected chi connectivity index (χ1v) is 10.4. The number of hydrogen-bond acceptors (Lipinski definition) is 13. The molecule has 7 atom stereocenters. The number of hydrogen-bond donors (Lipinski definition) is 6. The summed E-state index contributed by atoms with van der Waals surface area (Å²) in [6, 6.07) is 1.23. The van der Waals surface area contributed by atoms with Gasteiger partial charge in [-0.2, -0.15) is 4.98 Å². The summed E-state index contributed by atoms with van der Waals surface area (Å²) in [6.45, 7) is 0. The van der Waals surface area contributed by atoms with E-state index in [0.717, 1.165) is 10.8 Å². The highest BCUT2D eigenvalue weighted by molar-refractivity contribution is 7.61. The normalized spacial score (nSPS) is 28.6. The minimum atomic E-state index is -5.17. The van der Waals surface area contributed by atoms with E-state index >= 15 is 0 Å². The molecule has 16 nitrogen and oxygen atoms in total. The van der Waals surface area contributed by atoms with E-state index in [1.807, 2.05) is 5.48 Å². The highest BCUT2D eigenvalue weighted by atomic mass is 31.3. The number of anilines is 1. The van der Waals surface area contributed by atoms with Gasteiger partial charge < -0.3 is 20.7 Å². The molecule has 0 radical (unpaired) electrons. The van der Waals surface area contributed by atoms with Crippen molar-refractivity contribution in [1.29, 1.82) is 0 Å². The molecule has 0 spiro atoms. The molecule has 1 aromatic heterocycles. The lowest BCUT2D eigenvalue weighted by molar-refractivity contribution is -0.0887. The lowest BCUT2D eigenvalue weighted by Gasteiger charge is -2.16. The Kier molecular flexibility index (Phi) is 7.21. The number of nitrogen functional groups attached to an aromatic ring is 1. The quantitative estimate of drug-likeness (QED) is 0.192. The summed E-state index contributed by atoms with van der Waals surface area (Å²) in [5, 5.41) is 19.9. The number of nitrogens with two attached hydrogens (primary N) is 1. The lowest BCUT2D eigenvalue weighted by atomic mass is 10.2. The summed E-state index contributed by atoms with van der Waals surface area (Å²) >= 11 is 0. The van der Waals surface area contributed by atoms with E-state index in [9.17, 15) is 28.7 Å². The van der Waals surface area contributed by atoms with E-state index in [0.29, 0.717) is 0 Å². The maximum absolute atomic E-state index is 11.8. The Hall–Kier alpha value is -1.25. The summed E-state index contributed by atoms with van der Waals surface area (Å²) in [6.07, 6.45) is -5.20. The number of nitrogens with zero attached hydrogens (tertiary/aromatic N) is 2. The van der Waals surface area contributed by atoms with E-state index in [1.54, 1.807) is 0 Å². The molecule has 1 aliphatic heterocycles. The molecule has 0 amide bonds. The molecule has 7 N–H and O–H groups in total. The molecule has 0 aromatic carbocycles. The van der Waals surface area contributed by atoms with Crippen molar-refractivity contribution in [1.82, 2.24) is 15.0 Å². The highest BCUT2D eigenvalue weighted by Crippen LogP contribution is 2.56. The van der Waals surface area contributed by atoms with Crippen LogP contribution in [0, 0.1) is 0 Å². The Bertz CT molecular complexity index is 833. The second-order valence-electron chi connectivity index (χ2n) is 4.77. The Balaban J connectivity index is 1.98. The van der Waals surface area contributed by atoms with Crippen molar-refractivity contribution in [3.05, 3.63) is 22.7 Å². The zero-order valence-corrected chi connectivity index (χ0v) is 15.5. The predicted octanol–water partition coefficient (Wildman–Crippen LogP) is -1.64. The summed E-state index contributed by atoms with van der Waals surface area (Å²) in [7, 11) is -12.1. The molecular weight excluding hydrogens is 437 g/mol. The van der Waals surface area contributed by atoms with Crippen LogP contribution < -0.4 is 16.9 Å². The molecule has 3 unspecified atom stereocenters. The van der Waals surface area contributed by atoms with Crippen molar-refractivity contribution < 1.29 is 51.7 Å². The second-order valence-corrected chi connectivity index (χ2v) is 8.12. The second kappa shape index (κ2) is 8.84. The van der Waals surface area contributed by atoms with Gasteiger partial charge in [0.05, 0.1) is 0 Å². The van der Waals surface area contributed by atoms with Crippen LogP contribution in [0.15, 0.2) is 17.1 Å². The number of aliphatic hydroxyl groups is 2. The standard InChI is InChI=1S/C8H11N4O12P3/c9-3-1-2-12(8(15)10-3)7-5(14)4(13)6(21-7)11-22-26(18)24-27(19,20)23-25(16)17/h1-2,4-7,11,13-14H,(H2-2,9,10,15,16,17,19,20)/p+2/t4-,5+,6-,7+/m0/s1. The highest BCUT2D eigenvalue weighted by Gasteiger charge is 2.48. The number of aromatic nitrogens is 2. The third-order valence-electron chi connectivity index (χ3n) is 2.95. The molecule has 19 heteroatoms. The molecule has 27 heavy (non-hydrogen) atoms. The first kappa shape index (κ1) is 22.0. The van der Waals surface area contributed by atoms with Crippen LogP contribution in [0.5, 0.6) is 0 Å². The minimum Gasteiger partial charge on any atom is -0.386 e. The van der Waals surface area contributed by atoms with Gasteiger partial charge in [-0.3, -0.25) is 9.46 Å². The minimum absolute atomic E-state index is 0.0864. The Morgan fingerprint density at radius 2 is 2.00 bits per heavy atom. The van der Waals surface area contributed by atoms with Crippen LogP contribution in [0.4, 0.5) is 5.82 Å². The maximum Gasteiger partial charge on any atom is 0.727 e. The molecular formula is C8H13N4O12P3+2. The molecule has 1 saturated heterocycles. The first-order chi connectivity index (χ1) is 12.5. The van der Waals surface area contributed by atoms with Gasteiger partial charge in [-0.05, 0) is 10.7 Å². The number of rotatable bonds is 8. The van der Waals surface area contributed by atoms with Gasteiger partial charge in [-0.25, -0.2) is 9.36 Å². The van der Waals surface area contributed by atoms with Crippen LogP contribution in [-0.2, 0) is 31.7 Å². The van der Waals surface area contributed by atoms with Crippen LogP contribution in [0.2, 0.25) is 0 Å². The topological polar surface area (TPSA) is 242 Å².